The largest absolute Gasteiger partial charge is 0.0652 e. The van der Waals surface area contributed by atoms with E-state index in [0.29, 0.717) is 0 Å². The van der Waals surface area contributed by atoms with Crippen LogP contribution in [0.15, 0.2) is 29.8 Å². The van der Waals surface area contributed by atoms with Crippen molar-refractivity contribution in [2.45, 2.75) is 12.8 Å². The van der Waals surface area contributed by atoms with E-state index in [1.54, 1.807) is 0 Å². The summed E-state index contributed by atoms with van der Waals surface area (Å²) in [6, 6.07) is 8.53. The van der Waals surface area contributed by atoms with Crippen LogP contribution in [0.5, 0.6) is 0 Å². The average Bonchev–Trinajstić information content (AvgIpc) is 2.46. The van der Waals surface area contributed by atoms with Gasteiger partial charge in [-0.15, -0.1) is 0 Å². The lowest BCUT2D eigenvalue weighted by molar-refractivity contribution is 1.11. The molecule has 1 aliphatic rings. The molecule has 0 fully saturated rings. The second-order valence-corrected chi connectivity index (χ2v) is 2.93. The first-order valence-electron chi connectivity index (χ1n) is 3.97. The molecule has 1 aromatic rings. The van der Waals surface area contributed by atoms with Gasteiger partial charge in [0.25, 0.3) is 0 Å². The van der Waals surface area contributed by atoms with E-state index >= 15 is 0 Å². The summed E-state index contributed by atoms with van der Waals surface area (Å²) in [5.41, 5.74) is 4.28. The van der Waals surface area contributed by atoms with Gasteiger partial charge in [0.1, 0.15) is 0 Å². The van der Waals surface area contributed by atoms with Crippen molar-refractivity contribution < 1.29 is 0 Å². The normalized spacial score (nSPS) is 14.5. The fourth-order valence-electron chi connectivity index (χ4n) is 1.51. The Morgan fingerprint density at radius 3 is 2.82 bits per heavy atom. The lowest BCUT2D eigenvalue weighted by atomic mass is 10.1. The Bertz CT molecular complexity index is 295. The predicted octanol–water partition coefficient (Wildman–Crippen LogP) is 2.85. The van der Waals surface area contributed by atoms with E-state index in [1.165, 1.54) is 16.7 Å². The molecule has 0 aliphatic heterocycles. The van der Waals surface area contributed by atoms with Crippen molar-refractivity contribution in [1.82, 2.24) is 0 Å². The number of allylic oxidation sites excluding steroid dienone is 1. The van der Waals surface area contributed by atoms with E-state index in [9.17, 15) is 0 Å². The summed E-state index contributed by atoms with van der Waals surface area (Å²) in [6.45, 7) is 3.88. The highest BCUT2D eigenvalue weighted by Crippen LogP contribution is 2.25. The number of hydrogen-bond donors (Lipinski definition) is 0. The third kappa shape index (κ3) is 1.09. The zero-order valence-corrected chi connectivity index (χ0v) is 6.51. The molecule has 0 saturated heterocycles. The smallest absolute Gasteiger partial charge is 0.00578 e. The zero-order chi connectivity index (χ0) is 7.68. The van der Waals surface area contributed by atoms with Crippen LogP contribution >= 0.6 is 0 Å². The van der Waals surface area contributed by atoms with Gasteiger partial charge in [-0.05, 0) is 30.9 Å². The van der Waals surface area contributed by atoms with Crippen LogP contribution in [0.3, 0.4) is 0 Å². The standard InChI is InChI=1S/C11H11/c1-2-9-7-10-5-3-4-6-11(10)8-9/h3-7H,1-2,8H2. The van der Waals surface area contributed by atoms with Crippen LogP contribution in [0.25, 0.3) is 6.08 Å². The second-order valence-electron chi connectivity index (χ2n) is 2.93. The summed E-state index contributed by atoms with van der Waals surface area (Å²) < 4.78 is 0. The van der Waals surface area contributed by atoms with Crippen LogP contribution in [0.2, 0.25) is 0 Å². The molecule has 0 nitrogen and oxygen atoms in total. The molecule has 2 rings (SSSR count). The van der Waals surface area contributed by atoms with Crippen molar-refractivity contribution >= 4 is 6.08 Å². The molecular formula is C11H11. The molecule has 11 heavy (non-hydrogen) atoms. The number of rotatable bonds is 1. The topological polar surface area (TPSA) is 0 Å². The Morgan fingerprint density at radius 2 is 2.09 bits per heavy atom. The van der Waals surface area contributed by atoms with Crippen molar-refractivity contribution in [1.29, 1.82) is 0 Å². The molecule has 0 N–H and O–H groups in total. The van der Waals surface area contributed by atoms with Crippen LogP contribution in [0.1, 0.15) is 17.5 Å². The van der Waals surface area contributed by atoms with Crippen LogP contribution < -0.4 is 0 Å². The summed E-state index contributed by atoms with van der Waals surface area (Å²) >= 11 is 0. The molecule has 0 heterocycles. The van der Waals surface area contributed by atoms with Gasteiger partial charge in [0.05, 0.1) is 0 Å². The lowest BCUT2D eigenvalue weighted by Gasteiger charge is -1.95. The van der Waals surface area contributed by atoms with Gasteiger partial charge in [-0.1, -0.05) is 35.9 Å². The van der Waals surface area contributed by atoms with Gasteiger partial charge in [0.15, 0.2) is 0 Å². The maximum absolute atomic E-state index is 3.88. The highest BCUT2D eigenvalue weighted by atomic mass is 14.1. The maximum atomic E-state index is 3.88. The first kappa shape index (κ1) is 6.66. The minimum absolute atomic E-state index is 0.939. The Kier molecular flexibility index (Phi) is 1.54. The Balaban J connectivity index is 2.39. The van der Waals surface area contributed by atoms with Gasteiger partial charge in [-0.2, -0.15) is 0 Å². The van der Waals surface area contributed by atoms with Gasteiger partial charge in [0, 0.05) is 0 Å². The fraction of sp³-hybridized carbons (Fsp3) is 0.182. The molecule has 1 aliphatic carbocycles. The second kappa shape index (κ2) is 2.54. The number of benzene rings is 1. The van der Waals surface area contributed by atoms with Gasteiger partial charge in [-0.25, -0.2) is 0 Å². The van der Waals surface area contributed by atoms with Crippen molar-refractivity contribution in [2.24, 2.45) is 0 Å². The van der Waals surface area contributed by atoms with Crippen molar-refractivity contribution in [3.63, 3.8) is 0 Å². The highest BCUT2D eigenvalue weighted by molar-refractivity contribution is 5.63. The van der Waals surface area contributed by atoms with E-state index in [-0.39, 0.29) is 0 Å². The quantitative estimate of drug-likeness (QED) is 0.567. The summed E-state index contributed by atoms with van der Waals surface area (Å²) in [7, 11) is 0. The first-order chi connectivity index (χ1) is 5.40. The predicted molar refractivity (Wildman–Crippen MR) is 48.1 cm³/mol. The van der Waals surface area contributed by atoms with E-state index in [4.69, 9.17) is 0 Å². The van der Waals surface area contributed by atoms with Crippen LogP contribution in [0, 0.1) is 6.92 Å². The minimum Gasteiger partial charge on any atom is -0.0652 e. The lowest BCUT2D eigenvalue weighted by Crippen LogP contribution is -1.81. The fourth-order valence-corrected chi connectivity index (χ4v) is 1.51. The number of fused-ring (bicyclic) bond motifs is 1. The Labute approximate surface area is 67.6 Å². The first-order valence-corrected chi connectivity index (χ1v) is 3.97. The summed E-state index contributed by atoms with van der Waals surface area (Å²) in [5.74, 6) is 0. The van der Waals surface area contributed by atoms with E-state index in [0.717, 1.165) is 12.8 Å². The molecule has 0 heteroatoms. The third-order valence-corrected chi connectivity index (χ3v) is 2.15. The molecule has 0 saturated carbocycles. The van der Waals surface area contributed by atoms with Crippen LogP contribution in [-0.4, -0.2) is 0 Å². The van der Waals surface area contributed by atoms with E-state index < -0.39 is 0 Å². The van der Waals surface area contributed by atoms with Crippen LogP contribution in [-0.2, 0) is 6.42 Å². The summed E-state index contributed by atoms with van der Waals surface area (Å²) in [6.07, 6.45) is 4.30. The maximum Gasteiger partial charge on any atom is -0.00578 e. The number of hydrogen-bond acceptors (Lipinski definition) is 0. The summed E-state index contributed by atoms with van der Waals surface area (Å²) in [5, 5.41) is 0. The van der Waals surface area contributed by atoms with Crippen molar-refractivity contribution in [3.8, 4) is 0 Å². The SMILES string of the molecule is [CH2]CC1=Cc2ccccc2C1. The molecule has 1 radical (unpaired) electrons. The van der Waals surface area contributed by atoms with Crippen molar-refractivity contribution in [2.75, 3.05) is 0 Å². The third-order valence-electron chi connectivity index (χ3n) is 2.15. The Hall–Kier alpha value is -1.04. The monoisotopic (exact) mass is 143 g/mol. The van der Waals surface area contributed by atoms with Gasteiger partial charge in [0.2, 0.25) is 0 Å². The molecule has 0 aromatic heterocycles. The molecular weight excluding hydrogens is 132 g/mol. The highest BCUT2D eigenvalue weighted by Gasteiger charge is 2.08. The van der Waals surface area contributed by atoms with Crippen LogP contribution in [0.4, 0.5) is 0 Å². The van der Waals surface area contributed by atoms with Gasteiger partial charge in [-0.3, -0.25) is 0 Å². The van der Waals surface area contributed by atoms with E-state index in [1.807, 2.05) is 0 Å². The molecule has 0 bridgehead atoms. The molecule has 0 unspecified atom stereocenters. The average molecular weight is 143 g/mol. The molecule has 0 amide bonds. The molecule has 0 atom stereocenters. The van der Waals surface area contributed by atoms with Crippen molar-refractivity contribution in [3.05, 3.63) is 47.9 Å². The zero-order valence-electron chi connectivity index (χ0n) is 6.51. The Morgan fingerprint density at radius 1 is 1.27 bits per heavy atom. The minimum atomic E-state index is 0.939. The van der Waals surface area contributed by atoms with E-state index in [2.05, 4.69) is 37.3 Å². The molecule has 1 aromatic carbocycles. The van der Waals surface area contributed by atoms with Gasteiger partial charge >= 0.3 is 0 Å². The molecule has 0 spiro atoms. The summed E-state index contributed by atoms with van der Waals surface area (Å²) in [4.78, 5) is 0. The van der Waals surface area contributed by atoms with Gasteiger partial charge < -0.3 is 0 Å². The molecule has 55 valence electrons.